The number of phosphoric acid groups is 1. The van der Waals surface area contributed by atoms with Gasteiger partial charge in [0.15, 0.2) is 6.10 Å². The maximum absolute atomic E-state index is 12.4. The summed E-state index contributed by atoms with van der Waals surface area (Å²) in [5.74, 6) is -0.939. The highest BCUT2D eigenvalue weighted by atomic mass is 31.2. The molecule has 0 radical (unpaired) electrons. The molecule has 3 atom stereocenters. The number of hydrogen-bond acceptors (Lipinski definition) is 7. The van der Waals surface area contributed by atoms with Gasteiger partial charge in [0.1, 0.15) is 6.61 Å². The van der Waals surface area contributed by atoms with Crippen LogP contribution in [0.15, 0.2) is 60.8 Å². The van der Waals surface area contributed by atoms with Crippen molar-refractivity contribution < 1.29 is 42.7 Å². The molecule has 51 heavy (non-hydrogen) atoms. The molecule has 0 aliphatic carbocycles. The first-order chi connectivity index (χ1) is 24.7. The standard InChI is InChI=1S/C41H69O9P/c1-3-5-7-8-9-10-11-12-13-14-15-16-17-18-23-26-30-34-41(43)49-37(36-48-51(44,45)46)35-47-40(42)33-29-25-22-20-19-21-24-28-32-39-38(50-39)31-27-6-4-2/h5,7,9-10,12-13,15-16,24,28,37-39H,3-4,6,8,11,14,17-23,25-27,29-36H2,1-2H3,(H2,44,45,46)/b7-5-,10-9-,13-12-,16-15-,28-24-/t37-,38?,39?/m1/s1. The van der Waals surface area contributed by atoms with E-state index in [-0.39, 0.29) is 19.4 Å². The third-order valence-corrected chi connectivity index (χ3v) is 8.93. The molecule has 1 saturated heterocycles. The molecule has 1 aliphatic rings. The molecule has 1 aliphatic heterocycles. The first-order valence-corrected chi connectivity index (χ1v) is 21.2. The number of phosphoric ester groups is 1. The van der Waals surface area contributed by atoms with Crippen LogP contribution < -0.4 is 0 Å². The van der Waals surface area contributed by atoms with Crippen molar-refractivity contribution in [2.24, 2.45) is 0 Å². The number of carbonyl (C=O) groups is 2. The third-order valence-electron chi connectivity index (χ3n) is 8.44. The second-order valence-electron chi connectivity index (χ2n) is 13.3. The largest absolute Gasteiger partial charge is 0.469 e. The van der Waals surface area contributed by atoms with Crippen LogP contribution in [0.3, 0.4) is 0 Å². The Hall–Kier alpha value is -2.29. The van der Waals surface area contributed by atoms with Gasteiger partial charge in [-0.15, -0.1) is 0 Å². The highest BCUT2D eigenvalue weighted by Crippen LogP contribution is 2.36. The Kier molecular flexibility index (Phi) is 29.7. The molecule has 0 aromatic heterocycles. The number of epoxide rings is 1. The Balaban J connectivity index is 2.11. The fourth-order valence-corrected chi connectivity index (χ4v) is 5.79. The van der Waals surface area contributed by atoms with Gasteiger partial charge in [0.2, 0.25) is 0 Å². The van der Waals surface area contributed by atoms with Gasteiger partial charge < -0.3 is 24.0 Å². The highest BCUT2D eigenvalue weighted by Gasteiger charge is 2.36. The van der Waals surface area contributed by atoms with Gasteiger partial charge in [-0.2, -0.15) is 0 Å². The summed E-state index contributed by atoms with van der Waals surface area (Å²) in [5.41, 5.74) is 0. The fraction of sp³-hybridized carbons (Fsp3) is 0.707. The highest BCUT2D eigenvalue weighted by molar-refractivity contribution is 7.46. The van der Waals surface area contributed by atoms with Crippen molar-refractivity contribution in [2.45, 2.75) is 173 Å². The van der Waals surface area contributed by atoms with Crippen LogP contribution in [0, 0.1) is 0 Å². The van der Waals surface area contributed by atoms with Crippen molar-refractivity contribution in [3.8, 4) is 0 Å². The minimum atomic E-state index is -4.77. The molecule has 10 heteroatoms. The van der Waals surface area contributed by atoms with Crippen LogP contribution in [0.4, 0.5) is 0 Å². The van der Waals surface area contributed by atoms with Gasteiger partial charge in [-0.05, 0) is 77.0 Å². The van der Waals surface area contributed by atoms with Crippen molar-refractivity contribution in [3.05, 3.63) is 60.8 Å². The van der Waals surface area contributed by atoms with Crippen LogP contribution in [0.1, 0.15) is 155 Å². The molecule has 0 aromatic carbocycles. The van der Waals surface area contributed by atoms with Gasteiger partial charge in [0, 0.05) is 12.8 Å². The lowest BCUT2D eigenvalue weighted by atomic mass is 10.1. The third kappa shape index (κ3) is 32.1. The van der Waals surface area contributed by atoms with Crippen LogP contribution in [-0.2, 0) is 32.9 Å². The quantitative estimate of drug-likeness (QED) is 0.0218. The number of rotatable bonds is 34. The number of carbonyl (C=O) groups excluding carboxylic acids is 2. The van der Waals surface area contributed by atoms with E-state index >= 15 is 0 Å². The fourth-order valence-electron chi connectivity index (χ4n) is 5.43. The van der Waals surface area contributed by atoms with Gasteiger partial charge in [-0.25, -0.2) is 4.57 Å². The molecule has 0 bridgehead atoms. The average Bonchev–Trinajstić information content (AvgIpc) is 3.85. The Labute approximate surface area is 309 Å². The number of ether oxygens (including phenoxy) is 3. The molecule has 1 rings (SSSR count). The molecule has 0 spiro atoms. The first kappa shape index (κ1) is 46.7. The summed E-state index contributed by atoms with van der Waals surface area (Å²) in [4.78, 5) is 42.8. The molecule has 2 N–H and O–H groups in total. The minimum absolute atomic E-state index is 0.175. The zero-order valence-electron chi connectivity index (χ0n) is 31.7. The minimum Gasteiger partial charge on any atom is -0.462 e. The van der Waals surface area contributed by atoms with E-state index in [0.717, 1.165) is 89.9 Å². The van der Waals surface area contributed by atoms with Crippen molar-refractivity contribution in [2.75, 3.05) is 13.2 Å². The van der Waals surface area contributed by atoms with E-state index in [9.17, 15) is 14.2 Å². The number of esters is 2. The van der Waals surface area contributed by atoms with Gasteiger partial charge >= 0.3 is 19.8 Å². The van der Waals surface area contributed by atoms with Crippen LogP contribution in [0.5, 0.6) is 0 Å². The van der Waals surface area contributed by atoms with E-state index in [2.05, 4.69) is 79.1 Å². The molecule has 292 valence electrons. The lowest BCUT2D eigenvalue weighted by molar-refractivity contribution is -0.161. The predicted octanol–water partition coefficient (Wildman–Crippen LogP) is 10.7. The lowest BCUT2D eigenvalue weighted by Crippen LogP contribution is -2.29. The monoisotopic (exact) mass is 736 g/mol. The Bertz CT molecular complexity index is 1080. The summed E-state index contributed by atoms with van der Waals surface area (Å²) in [5, 5.41) is 0. The normalized spacial score (nSPS) is 17.1. The van der Waals surface area contributed by atoms with Crippen LogP contribution in [0.2, 0.25) is 0 Å². The number of unbranched alkanes of at least 4 members (excludes halogenated alkanes) is 11. The van der Waals surface area contributed by atoms with E-state index in [1.807, 2.05) is 0 Å². The van der Waals surface area contributed by atoms with Crippen LogP contribution >= 0.6 is 7.82 Å². The zero-order valence-corrected chi connectivity index (χ0v) is 32.6. The van der Waals surface area contributed by atoms with E-state index in [1.165, 1.54) is 25.7 Å². The average molecular weight is 737 g/mol. The zero-order chi connectivity index (χ0) is 37.3. The molecule has 0 saturated carbocycles. The van der Waals surface area contributed by atoms with E-state index in [0.29, 0.717) is 25.0 Å². The van der Waals surface area contributed by atoms with Crippen molar-refractivity contribution in [1.29, 1.82) is 0 Å². The van der Waals surface area contributed by atoms with E-state index < -0.39 is 32.5 Å². The van der Waals surface area contributed by atoms with Gasteiger partial charge in [0.25, 0.3) is 0 Å². The summed E-state index contributed by atoms with van der Waals surface area (Å²) in [6, 6.07) is 0. The second-order valence-corrected chi connectivity index (χ2v) is 14.5. The topological polar surface area (TPSA) is 132 Å². The molecular formula is C41H69O9P. The van der Waals surface area contributed by atoms with Gasteiger partial charge in [0.05, 0.1) is 18.8 Å². The molecule has 0 amide bonds. The van der Waals surface area contributed by atoms with Crippen molar-refractivity contribution in [1.82, 2.24) is 0 Å². The first-order valence-electron chi connectivity index (χ1n) is 19.7. The molecule has 1 fully saturated rings. The smallest absolute Gasteiger partial charge is 0.462 e. The van der Waals surface area contributed by atoms with E-state index in [4.69, 9.17) is 24.0 Å². The maximum Gasteiger partial charge on any atom is 0.469 e. The van der Waals surface area contributed by atoms with Gasteiger partial charge in [-0.1, -0.05) is 126 Å². The molecule has 0 aromatic rings. The summed E-state index contributed by atoms with van der Waals surface area (Å²) in [6.07, 6.45) is 42.5. The van der Waals surface area contributed by atoms with Gasteiger partial charge in [-0.3, -0.25) is 14.1 Å². The summed E-state index contributed by atoms with van der Waals surface area (Å²) in [7, 11) is -4.77. The number of hydrogen-bond donors (Lipinski definition) is 2. The Morgan fingerprint density at radius 3 is 1.80 bits per heavy atom. The van der Waals surface area contributed by atoms with Crippen molar-refractivity contribution in [3.63, 3.8) is 0 Å². The van der Waals surface area contributed by atoms with Crippen molar-refractivity contribution >= 4 is 19.8 Å². The Morgan fingerprint density at radius 2 is 1.20 bits per heavy atom. The summed E-state index contributed by atoms with van der Waals surface area (Å²) in [6.45, 7) is 3.49. The van der Waals surface area contributed by atoms with Crippen LogP contribution in [-0.4, -0.2) is 53.3 Å². The molecule has 1 heterocycles. The predicted molar refractivity (Wildman–Crippen MR) is 206 cm³/mol. The Morgan fingerprint density at radius 1 is 0.647 bits per heavy atom. The van der Waals surface area contributed by atoms with E-state index in [1.54, 1.807) is 0 Å². The lowest BCUT2D eigenvalue weighted by Gasteiger charge is -2.18. The SMILES string of the molecule is CC/C=C\C/C=C\C/C=C\C/C=C\CCCCCCC(=O)O[C@H](COC(=O)CCCCCCC/C=C\CC1OC1CCCCC)COP(=O)(O)O. The maximum atomic E-state index is 12.4. The second kappa shape index (κ2) is 32.4. The molecule has 2 unspecified atom stereocenters. The molecular weight excluding hydrogens is 667 g/mol. The summed E-state index contributed by atoms with van der Waals surface area (Å²) >= 11 is 0. The molecule has 9 nitrogen and oxygen atoms in total. The van der Waals surface area contributed by atoms with Crippen LogP contribution in [0.25, 0.3) is 0 Å². The number of allylic oxidation sites excluding steroid dienone is 9. The summed E-state index contributed by atoms with van der Waals surface area (Å²) < 4.78 is 32.0.